The van der Waals surface area contributed by atoms with Gasteiger partial charge in [0.2, 0.25) is 0 Å². The van der Waals surface area contributed by atoms with Crippen molar-refractivity contribution in [3.8, 4) is 11.5 Å². The van der Waals surface area contributed by atoms with Crippen LogP contribution < -0.4 is 9.47 Å². The lowest BCUT2D eigenvalue weighted by molar-refractivity contribution is -0.385. The molecule has 1 fully saturated rings. The highest BCUT2D eigenvalue weighted by atomic mass is 35.5. The first-order chi connectivity index (χ1) is 15.3. The number of hydrogen-bond acceptors (Lipinski definition) is 6. The summed E-state index contributed by atoms with van der Waals surface area (Å²) in [6.07, 6.45) is 0. The third-order valence-electron chi connectivity index (χ3n) is 5.02. The van der Waals surface area contributed by atoms with Crippen molar-refractivity contribution in [2.24, 2.45) is 0 Å². The van der Waals surface area contributed by atoms with Crippen molar-refractivity contribution in [3.05, 3.63) is 61.6 Å². The van der Waals surface area contributed by atoms with Gasteiger partial charge in [-0.05, 0) is 25.1 Å². The number of nitro groups is 1. The number of carbonyl (C=O) groups is 2. The van der Waals surface area contributed by atoms with Crippen LogP contribution in [0.4, 0.5) is 5.69 Å². The molecule has 0 saturated carbocycles. The van der Waals surface area contributed by atoms with Crippen LogP contribution in [0.2, 0.25) is 10.0 Å². The molecule has 1 saturated heterocycles. The maximum Gasteiger partial charge on any atom is 0.286 e. The third kappa shape index (κ3) is 4.89. The predicted octanol–water partition coefficient (Wildman–Crippen LogP) is 3.91. The van der Waals surface area contributed by atoms with Crippen LogP contribution in [-0.2, 0) is 0 Å². The summed E-state index contributed by atoms with van der Waals surface area (Å²) in [5.74, 6) is -0.370. The van der Waals surface area contributed by atoms with Crippen LogP contribution in [-0.4, -0.2) is 66.4 Å². The number of nitro benzene ring substituents is 1. The van der Waals surface area contributed by atoms with E-state index in [1.807, 2.05) is 0 Å². The summed E-state index contributed by atoms with van der Waals surface area (Å²) in [4.78, 5) is 39.9. The van der Waals surface area contributed by atoms with Crippen molar-refractivity contribution in [2.75, 3.05) is 39.9 Å². The minimum atomic E-state index is -0.631. The van der Waals surface area contributed by atoms with Crippen LogP contribution in [0.1, 0.15) is 27.6 Å². The van der Waals surface area contributed by atoms with Gasteiger partial charge in [0.1, 0.15) is 5.56 Å². The average molecular weight is 482 g/mol. The minimum absolute atomic E-state index is 0.0974. The number of halogens is 2. The molecule has 0 radical (unpaired) electrons. The highest BCUT2D eigenvalue weighted by Gasteiger charge is 2.31. The number of rotatable bonds is 6. The fraction of sp³-hybridized carbons (Fsp3) is 0.333. The molecule has 2 amide bonds. The first kappa shape index (κ1) is 23.6. The van der Waals surface area contributed by atoms with Crippen molar-refractivity contribution >= 4 is 40.7 Å². The zero-order valence-corrected chi connectivity index (χ0v) is 19.0. The standard InChI is InChI=1S/C21H21Cl2N3O6/c1-3-32-19-11-15(17(26(29)30)12-18(19)31-2)21(28)25-8-6-24(7-9-25)20(27)14-5-4-13(22)10-16(14)23/h4-5,10-12H,3,6-9H2,1-2H3. The van der Waals surface area contributed by atoms with Crippen LogP contribution in [0, 0.1) is 10.1 Å². The normalized spacial score (nSPS) is 13.6. The van der Waals surface area contributed by atoms with E-state index >= 15 is 0 Å². The van der Waals surface area contributed by atoms with Crippen LogP contribution in [0.25, 0.3) is 0 Å². The Labute approximate surface area is 194 Å². The predicted molar refractivity (Wildman–Crippen MR) is 119 cm³/mol. The largest absolute Gasteiger partial charge is 0.493 e. The molecule has 0 aromatic heterocycles. The zero-order valence-electron chi connectivity index (χ0n) is 17.5. The number of benzene rings is 2. The Morgan fingerprint density at radius 2 is 1.59 bits per heavy atom. The van der Waals surface area contributed by atoms with Crippen molar-refractivity contribution in [1.29, 1.82) is 0 Å². The van der Waals surface area contributed by atoms with E-state index in [0.29, 0.717) is 17.2 Å². The van der Waals surface area contributed by atoms with Gasteiger partial charge in [-0.3, -0.25) is 19.7 Å². The quantitative estimate of drug-likeness (QED) is 0.457. The van der Waals surface area contributed by atoms with E-state index < -0.39 is 10.8 Å². The molecular formula is C21H21Cl2N3O6. The molecule has 11 heteroatoms. The summed E-state index contributed by atoms with van der Waals surface area (Å²) in [5, 5.41) is 12.2. The third-order valence-corrected chi connectivity index (χ3v) is 5.57. The minimum Gasteiger partial charge on any atom is -0.493 e. The smallest absolute Gasteiger partial charge is 0.286 e. The van der Waals surface area contributed by atoms with Crippen molar-refractivity contribution in [1.82, 2.24) is 9.80 Å². The van der Waals surface area contributed by atoms with Crippen LogP contribution in [0.15, 0.2) is 30.3 Å². The second-order valence-electron chi connectivity index (χ2n) is 6.92. The molecule has 9 nitrogen and oxygen atoms in total. The van der Waals surface area contributed by atoms with Gasteiger partial charge in [-0.2, -0.15) is 0 Å². The number of nitrogens with zero attached hydrogens (tertiary/aromatic N) is 3. The van der Waals surface area contributed by atoms with Gasteiger partial charge in [-0.15, -0.1) is 0 Å². The summed E-state index contributed by atoms with van der Waals surface area (Å²) in [6, 6.07) is 7.14. The van der Waals surface area contributed by atoms with Gasteiger partial charge >= 0.3 is 0 Å². The lowest BCUT2D eigenvalue weighted by atomic mass is 10.1. The van der Waals surface area contributed by atoms with E-state index in [1.54, 1.807) is 24.0 Å². The second-order valence-corrected chi connectivity index (χ2v) is 7.76. The Bertz CT molecular complexity index is 1050. The van der Waals surface area contributed by atoms with Crippen molar-refractivity contribution < 1.29 is 24.0 Å². The monoisotopic (exact) mass is 481 g/mol. The highest BCUT2D eigenvalue weighted by molar-refractivity contribution is 6.36. The van der Waals surface area contributed by atoms with Gasteiger partial charge in [0, 0.05) is 37.3 Å². The number of amides is 2. The molecule has 0 N–H and O–H groups in total. The lowest BCUT2D eigenvalue weighted by Crippen LogP contribution is -2.50. The SMILES string of the molecule is CCOc1cc(C(=O)N2CCN(C(=O)c3ccc(Cl)cc3Cl)CC2)c([N+](=O)[O-])cc1OC. The molecule has 0 unspecified atom stereocenters. The van der Waals surface area contributed by atoms with E-state index in [0.717, 1.165) is 0 Å². The molecule has 1 aliphatic heterocycles. The molecule has 170 valence electrons. The Kier molecular flexibility index (Phi) is 7.42. The van der Waals surface area contributed by atoms with Crippen molar-refractivity contribution in [2.45, 2.75) is 6.92 Å². The number of carbonyl (C=O) groups excluding carboxylic acids is 2. The van der Waals surface area contributed by atoms with Gasteiger partial charge in [0.15, 0.2) is 11.5 Å². The molecule has 2 aromatic carbocycles. The Balaban J connectivity index is 1.78. The number of ether oxygens (including phenoxy) is 2. The lowest BCUT2D eigenvalue weighted by Gasteiger charge is -2.35. The summed E-state index contributed by atoms with van der Waals surface area (Å²) < 4.78 is 10.6. The molecule has 0 bridgehead atoms. The zero-order chi connectivity index (χ0) is 23.4. The molecule has 0 atom stereocenters. The van der Waals surface area contributed by atoms with Gasteiger partial charge in [0.05, 0.1) is 35.3 Å². The molecular weight excluding hydrogens is 461 g/mol. The van der Waals surface area contributed by atoms with E-state index in [4.69, 9.17) is 32.7 Å². The molecule has 0 spiro atoms. The first-order valence-corrected chi connectivity index (χ1v) is 10.5. The summed E-state index contributed by atoms with van der Waals surface area (Å²) in [6.45, 7) is 2.99. The van der Waals surface area contributed by atoms with E-state index in [9.17, 15) is 19.7 Å². The van der Waals surface area contributed by atoms with Gasteiger partial charge in [0.25, 0.3) is 17.5 Å². The van der Waals surface area contributed by atoms with Gasteiger partial charge in [-0.25, -0.2) is 0 Å². The molecule has 32 heavy (non-hydrogen) atoms. The first-order valence-electron chi connectivity index (χ1n) is 9.79. The van der Waals surface area contributed by atoms with Crippen LogP contribution in [0.3, 0.4) is 0 Å². The van der Waals surface area contributed by atoms with E-state index in [2.05, 4.69) is 0 Å². The maximum absolute atomic E-state index is 13.1. The Morgan fingerprint density at radius 1 is 1.00 bits per heavy atom. The molecule has 1 aliphatic rings. The maximum atomic E-state index is 13.1. The highest BCUT2D eigenvalue weighted by Crippen LogP contribution is 2.35. The number of piperazine rings is 1. The van der Waals surface area contributed by atoms with Crippen molar-refractivity contribution in [3.63, 3.8) is 0 Å². The van der Waals surface area contributed by atoms with Crippen LogP contribution >= 0.6 is 23.2 Å². The van der Waals surface area contributed by atoms with Gasteiger partial charge in [-0.1, -0.05) is 23.2 Å². The summed E-state index contributed by atoms with van der Waals surface area (Å²) in [5.41, 5.74) is -0.149. The molecule has 0 aliphatic carbocycles. The summed E-state index contributed by atoms with van der Waals surface area (Å²) in [7, 11) is 1.37. The Hall–Kier alpha value is -3.04. The number of methoxy groups -OCH3 is 1. The Morgan fingerprint density at radius 3 is 2.09 bits per heavy atom. The van der Waals surface area contributed by atoms with E-state index in [-0.39, 0.29) is 59.9 Å². The fourth-order valence-corrected chi connectivity index (χ4v) is 3.90. The molecule has 2 aromatic rings. The topological polar surface area (TPSA) is 102 Å². The van der Waals surface area contributed by atoms with Gasteiger partial charge < -0.3 is 19.3 Å². The average Bonchev–Trinajstić information content (AvgIpc) is 2.78. The molecule has 1 heterocycles. The summed E-state index contributed by atoms with van der Waals surface area (Å²) >= 11 is 12.0. The second kappa shape index (κ2) is 10.1. The van der Waals surface area contributed by atoms with E-state index in [1.165, 1.54) is 30.2 Å². The molecule has 3 rings (SSSR count). The fourth-order valence-electron chi connectivity index (χ4n) is 3.42. The number of hydrogen-bond donors (Lipinski definition) is 0. The van der Waals surface area contributed by atoms with Crippen LogP contribution in [0.5, 0.6) is 11.5 Å².